The molecule has 4 heterocycles. The number of aliphatic hydroxyl groups excluding tert-OH is 1. The first-order valence-electron chi connectivity index (χ1n) is 12.1. The fourth-order valence-electron chi connectivity index (χ4n) is 5.87. The lowest BCUT2D eigenvalue weighted by molar-refractivity contribution is -0.172. The Labute approximate surface area is 210 Å². The van der Waals surface area contributed by atoms with Crippen LogP contribution in [-0.4, -0.2) is 38.4 Å². The molecule has 2 aromatic heterocycles. The van der Waals surface area contributed by atoms with E-state index in [1.54, 1.807) is 24.5 Å². The van der Waals surface area contributed by atoms with Gasteiger partial charge in [0.2, 0.25) is 0 Å². The molecule has 3 aromatic rings. The summed E-state index contributed by atoms with van der Waals surface area (Å²) in [4.78, 5) is 30.8. The fourth-order valence-corrected chi connectivity index (χ4v) is 6.11. The number of cyclic esters (lactones) is 1. The van der Waals surface area contributed by atoms with Crippen LogP contribution in [0.2, 0.25) is 5.02 Å². The standard InChI is InChI=1S/C26H25ClFN3O5/c1-3-26(35)15-6-19-23-13(9-31(19)24(33)14(15)10-36-25(26)34)21-17(29-8-11(2)32)5-4-12-20(21)18(30-23)7-16(28)22(12)27/h6-7,11,17,29,32,35H,3-5,8-10H2,1-2H3/t11?,17-,26-/m0/s1. The highest BCUT2D eigenvalue weighted by Gasteiger charge is 2.46. The van der Waals surface area contributed by atoms with Gasteiger partial charge in [-0.25, -0.2) is 14.2 Å². The zero-order valence-corrected chi connectivity index (χ0v) is 20.6. The third kappa shape index (κ3) is 3.13. The highest BCUT2D eigenvalue weighted by Crippen LogP contribution is 2.46. The summed E-state index contributed by atoms with van der Waals surface area (Å²) in [5.74, 6) is -1.35. The predicted octanol–water partition coefficient (Wildman–Crippen LogP) is 2.83. The number of carbonyl (C=O) groups excluding carboxylic acids is 1. The molecule has 0 amide bonds. The fraction of sp³-hybridized carbons (Fsp3) is 0.423. The SMILES string of the molecule is CC[C@@]1(O)C(=O)OCc2c1cc1n(c2=O)Cc2c-1nc1cc(F)c(Cl)c3c1c2[C@@H](NCC(C)O)CC3. The average Bonchev–Trinajstić information content (AvgIpc) is 3.22. The second kappa shape index (κ2) is 8.08. The lowest BCUT2D eigenvalue weighted by Gasteiger charge is -2.31. The topological polar surface area (TPSA) is 114 Å². The molecule has 10 heteroatoms. The van der Waals surface area contributed by atoms with E-state index < -0.39 is 23.5 Å². The number of halogens is 2. The summed E-state index contributed by atoms with van der Waals surface area (Å²) >= 11 is 6.37. The van der Waals surface area contributed by atoms with Crippen molar-refractivity contribution < 1.29 is 24.1 Å². The van der Waals surface area contributed by atoms with Crippen molar-refractivity contribution in [2.75, 3.05) is 6.54 Å². The molecule has 188 valence electrons. The molecule has 3 atom stereocenters. The molecule has 0 saturated carbocycles. The number of hydrogen-bond acceptors (Lipinski definition) is 7. The number of hydrogen-bond donors (Lipinski definition) is 3. The maximum absolute atomic E-state index is 14.8. The van der Waals surface area contributed by atoms with Crippen molar-refractivity contribution in [2.45, 2.75) is 64.0 Å². The summed E-state index contributed by atoms with van der Waals surface area (Å²) in [6.45, 7) is 3.72. The van der Waals surface area contributed by atoms with Gasteiger partial charge in [-0.3, -0.25) is 4.79 Å². The zero-order valence-electron chi connectivity index (χ0n) is 19.8. The van der Waals surface area contributed by atoms with E-state index in [2.05, 4.69) is 5.32 Å². The largest absolute Gasteiger partial charge is 0.458 e. The zero-order chi connectivity index (χ0) is 25.5. The van der Waals surface area contributed by atoms with E-state index in [9.17, 15) is 24.2 Å². The summed E-state index contributed by atoms with van der Waals surface area (Å²) in [5.41, 5.74) is 1.97. The molecule has 0 bridgehead atoms. The summed E-state index contributed by atoms with van der Waals surface area (Å²) in [5, 5.41) is 25.2. The third-order valence-corrected chi connectivity index (χ3v) is 8.11. The molecule has 0 spiro atoms. The van der Waals surface area contributed by atoms with Gasteiger partial charge in [0, 0.05) is 35.2 Å². The average molecular weight is 514 g/mol. The van der Waals surface area contributed by atoms with Crippen LogP contribution in [0, 0.1) is 5.82 Å². The molecule has 1 aliphatic carbocycles. The van der Waals surface area contributed by atoms with E-state index in [1.807, 2.05) is 0 Å². The van der Waals surface area contributed by atoms with Gasteiger partial charge in [-0.05, 0) is 43.4 Å². The monoisotopic (exact) mass is 513 g/mol. The summed E-state index contributed by atoms with van der Waals surface area (Å²) in [6.07, 6.45) is 0.657. The molecule has 2 aliphatic heterocycles. The van der Waals surface area contributed by atoms with Crippen molar-refractivity contribution >= 4 is 28.5 Å². The van der Waals surface area contributed by atoms with Gasteiger partial charge in [-0.15, -0.1) is 0 Å². The Bertz CT molecular complexity index is 1530. The number of rotatable bonds is 4. The van der Waals surface area contributed by atoms with E-state index in [0.717, 1.165) is 16.5 Å². The van der Waals surface area contributed by atoms with Crippen molar-refractivity contribution in [3.05, 3.63) is 61.1 Å². The molecule has 1 aromatic carbocycles. The summed E-state index contributed by atoms with van der Waals surface area (Å²) < 4.78 is 21.5. The van der Waals surface area contributed by atoms with E-state index in [4.69, 9.17) is 21.3 Å². The van der Waals surface area contributed by atoms with Gasteiger partial charge in [0.05, 0.1) is 40.1 Å². The number of nitrogens with one attached hydrogen (secondary N) is 1. The van der Waals surface area contributed by atoms with Crippen LogP contribution in [0.4, 0.5) is 4.39 Å². The van der Waals surface area contributed by atoms with Gasteiger partial charge >= 0.3 is 5.97 Å². The van der Waals surface area contributed by atoms with Crippen LogP contribution in [0.1, 0.15) is 60.5 Å². The van der Waals surface area contributed by atoms with Crippen molar-refractivity contribution in [1.29, 1.82) is 0 Å². The quantitative estimate of drug-likeness (QED) is 0.360. The Morgan fingerprint density at radius 1 is 1.33 bits per heavy atom. The molecule has 0 saturated heterocycles. The van der Waals surface area contributed by atoms with Crippen LogP contribution in [0.5, 0.6) is 0 Å². The molecular formula is C26H25ClFN3O5. The first-order chi connectivity index (χ1) is 17.2. The van der Waals surface area contributed by atoms with Crippen molar-refractivity contribution in [1.82, 2.24) is 14.9 Å². The Morgan fingerprint density at radius 2 is 2.11 bits per heavy atom. The lowest BCUT2D eigenvalue weighted by Crippen LogP contribution is -2.44. The second-order valence-electron chi connectivity index (χ2n) is 9.85. The summed E-state index contributed by atoms with van der Waals surface area (Å²) in [7, 11) is 0. The van der Waals surface area contributed by atoms with Crippen molar-refractivity contribution in [2.24, 2.45) is 0 Å². The molecule has 36 heavy (non-hydrogen) atoms. The van der Waals surface area contributed by atoms with Crippen molar-refractivity contribution in [3.8, 4) is 11.4 Å². The van der Waals surface area contributed by atoms with Crippen LogP contribution in [0.3, 0.4) is 0 Å². The Morgan fingerprint density at radius 3 is 2.83 bits per heavy atom. The van der Waals surface area contributed by atoms with Crippen molar-refractivity contribution in [3.63, 3.8) is 0 Å². The highest BCUT2D eigenvalue weighted by molar-refractivity contribution is 6.32. The minimum Gasteiger partial charge on any atom is -0.458 e. The second-order valence-corrected chi connectivity index (χ2v) is 10.2. The van der Waals surface area contributed by atoms with Crippen LogP contribution in [0.25, 0.3) is 22.3 Å². The minimum atomic E-state index is -1.93. The molecule has 1 unspecified atom stereocenters. The van der Waals surface area contributed by atoms with Crippen LogP contribution < -0.4 is 10.9 Å². The number of benzene rings is 1. The predicted molar refractivity (Wildman–Crippen MR) is 130 cm³/mol. The Kier molecular flexibility index (Phi) is 5.28. The molecule has 8 nitrogen and oxygen atoms in total. The van der Waals surface area contributed by atoms with E-state index in [0.29, 0.717) is 41.9 Å². The normalized spacial score (nSPS) is 22.7. The number of ether oxygens (including phenoxy) is 1. The molecule has 3 aliphatic rings. The van der Waals surface area contributed by atoms with E-state index in [1.165, 1.54) is 6.07 Å². The number of carbonyl (C=O) groups is 1. The number of esters is 1. The van der Waals surface area contributed by atoms with Gasteiger partial charge in [-0.1, -0.05) is 18.5 Å². The van der Waals surface area contributed by atoms with Gasteiger partial charge < -0.3 is 24.8 Å². The van der Waals surface area contributed by atoms with E-state index in [-0.39, 0.29) is 47.3 Å². The maximum atomic E-state index is 14.8. The number of aliphatic hydroxyl groups is 2. The number of fused-ring (bicyclic) bond motifs is 5. The van der Waals surface area contributed by atoms with Crippen LogP contribution >= 0.6 is 11.6 Å². The van der Waals surface area contributed by atoms with Gasteiger partial charge in [-0.2, -0.15) is 0 Å². The Balaban J connectivity index is 1.64. The number of aryl methyl sites for hydroxylation is 1. The first kappa shape index (κ1) is 23.5. The van der Waals surface area contributed by atoms with Gasteiger partial charge in [0.25, 0.3) is 5.56 Å². The smallest absolute Gasteiger partial charge is 0.343 e. The van der Waals surface area contributed by atoms with E-state index >= 15 is 0 Å². The Hall–Kier alpha value is -2.85. The molecule has 0 radical (unpaired) electrons. The van der Waals surface area contributed by atoms with Gasteiger partial charge in [0.15, 0.2) is 5.60 Å². The minimum absolute atomic E-state index is 0.0450. The molecule has 3 N–H and O–H groups in total. The number of aromatic nitrogens is 2. The summed E-state index contributed by atoms with van der Waals surface area (Å²) in [6, 6.07) is 2.79. The van der Waals surface area contributed by atoms with Gasteiger partial charge in [0.1, 0.15) is 12.4 Å². The maximum Gasteiger partial charge on any atom is 0.343 e. The molecule has 0 fully saturated rings. The van der Waals surface area contributed by atoms with Crippen LogP contribution in [-0.2, 0) is 34.7 Å². The first-order valence-corrected chi connectivity index (χ1v) is 12.5. The van der Waals surface area contributed by atoms with Crippen LogP contribution in [0.15, 0.2) is 16.9 Å². The molecule has 6 rings (SSSR count). The third-order valence-electron chi connectivity index (χ3n) is 7.70. The highest BCUT2D eigenvalue weighted by atomic mass is 35.5. The lowest BCUT2D eigenvalue weighted by atomic mass is 9.83. The number of pyridine rings is 2. The molecular weight excluding hydrogens is 489 g/mol. The number of nitrogens with zero attached hydrogens (tertiary/aromatic N) is 2.